The molecule has 1 aliphatic heterocycles. The zero-order chi connectivity index (χ0) is 19.9. The van der Waals surface area contributed by atoms with Crippen molar-refractivity contribution in [1.82, 2.24) is 10.6 Å². The zero-order valence-corrected chi connectivity index (χ0v) is 16.0. The van der Waals surface area contributed by atoms with E-state index >= 15 is 0 Å². The van der Waals surface area contributed by atoms with Crippen molar-refractivity contribution in [2.75, 3.05) is 20.3 Å². The van der Waals surface area contributed by atoms with E-state index in [0.717, 1.165) is 12.0 Å². The Balaban J connectivity index is 1.84. The summed E-state index contributed by atoms with van der Waals surface area (Å²) in [6.45, 7) is 2.10. The van der Waals surface area contributed by atoms with Gasteiger partial charge in [-0.05, 0) is 30.0 Å². The maximum Gasteiger partial charge on any atom is 0.254 e. The fourth-order valence-corrected chi connectivity index (χ4v) is 3.84. The molecule has 6 nitrogen and oxygen atoms in total. The summed E-state index contributed by atoms with van der Waals surface area (Å²) in [6, 6.07) is 13.0. The number of aliphatic hydroxyl groups is 1. The summed E-state index contributed by atoms with van der Waals surface area (Å²) < 4.78 is 5.91. The Hall–Kier alpha value is -2.86. The van der Waals surface area contributed by atoms with Crippen molar-refractivity contribution in [3.63, 3.8) is 0 Å². The van der Waals surface area contributed by atoms with Crippen LogP contribution >= 0.6 is 0 Å². The Morgan fingerprint density at radius 3 is 2.54 bits per heavy atom. The molecule has 6 heteroatoms. The standard InChI is InChI=1S/C22H24N2O4/c1-13-8-18(13)24-20(26)14-9-16(21(27)23-2)19-17(10-14)22(11-25,12-28-19)15-6-4-3-5-7-15/h3-7,9-10,13,18,25H,8,11-12H2,1-2H3,(H,23,27)(H,24,26)/t13-,18-,22-/m0/s1. The van der Waals surface area contributed by atoms with Crippen molar-refractivity contribution in [3.8, 4) is 5.75 Å². The Morgan fingerprint density at radius 2 is 1.93 bits per heavy atom. The molecule has 1 saturated carbocycles. The second kappa shape index (κ2) is 6.95. The van der Waals surface area contributed by atoms with Gasteiger partial charge in [0.05, 0.1) is 17.6 Å². The molecule has 4 rings (SSSR count). The second-order valence-corrected chi connectivity index (χ2v) is 7.67. The van der Waals surface area contributed by atoms with Crippen LogP contribution in [0.1, 0.15) is 45.2 Å². The van der Waals surface area contributed by atoms with Crippen LogP contribution in [0, 0.1) is 5.92 Å². The fraction of sp³-hybridized carbons (Fsp3) is 0.364. The van der Waals surface area contributed by atoms with E-state index in [9.17, 15) is 14.7 Å². The zero-order valence-electron chi connectivity index (χ0n) is 16.0. The predicted molar refractivity (Wildman–Crippen MR) is 105 cm³/mol. The van der Waals surface area contributed by atoms with Crippen molar-refractivity contribution in [1.29, 1.82) is 0 Å². The normalized spacial score (nSPS) is 24.8. The first-order chi connectivity index (χ1) is 13.5. The average Bonchev–Trinajstić information content (AvgIpc) is 3.28. The number of carbonyl (C=O) groups excluding carboxylic acids is 2. The Kier molecular flexibility index (Phi) is 4.59. The van der Waals surface area contributed by atoms with Gasteiger partial charge in [-0.2, -0.15) is 0 Å². The van der Waals surface area contributed by atoms with E-state index in [1.165, 1.54) is 0 Å². The molecule has 2 amide bonds. The molecule has 146 valence electrons. The summed E-state index contributed by atoms with van der Waals surface area (Å²) >= 11 is 0. The van der Waals surface area contributed by atoms with E-state index in [4.69, 9.17) is 4.74 Å². The summed E-state index contributed by atoms with van der Waals surface area (Å²) in [5.74, 6) is 0.358. The molecular weight excluding hydrogens is 356 g/mol. The quantitative estimate of drug-likeness (QED) is 0.739. The number of amides is 2. The summed E-state index contributed by atoms with van der Waals surface area (Å²) in [5, 5.41) is 16.0. The highest BCUT2D eigenvalue weighted by molar-refractivity contribution is 6.02. The molecule has 2 aliphatic rings. The lowest BCUT2D eigenvalue weighted by Gasteiger charge is -2.26. The minimum Gasteiger partial charge on any atom is -0.491 e. The largest absolute Gasteiger partial charge is 0.491 e. The third-order valence-electron chi connectivity index (χ3n) is 5.82. The Morgan fingerprint density at radius 1 is 1.21 bits per heavy atom. The van der Waals surface area contributed by atoms with E-state index in [2.05, 4.69) is 17.6 Å². The minimum absolute atomic E-state index is 0.178. The molecule has 0 aromatic heterocycles. The van der Waals surface area contributed by atoms with Gasteiger partial charge in [-0.25, -0.2) is 0 Å². The molecule has 0 radical (unpaired) electrons. The van der Waals surface area contributed by atoms with Crippen molar-refractivity contribution >= 4 is 11.8 Å². The number of carbonyl (C=O) groups is 2. The van der Waals surface area contributed by atoms with Gasteiger partial charge in [-0.1, -0.05) is 37.3 Å². The van der Waals surface area contributed by atoms with Gasteiger partial charge in [-0.3, -0.25) is 9.59 Å². The Labute approximate surface area is 163 Å². The molecule has 1 fully saturated rings. The van der Waals surface area contributed by atoms with Gasteiger partial charge in [0.2, 0.25) is 0 Å². The maximum absolute atomic E-state index is 12.8. The molecular formula is C22H24N2O4. The molecule has 1 heterocycles. The molecule has 2 aromatic rings. The van der Waals surface area contributed by atoms with Crippen LogP contribution in [0.3, 0.4) is 0 Å². The topological polar surface area (TPSA) is 87.7 Å². The van der Waals surface area contributed by atoms with Gasteiger partial charge in [0.1, 0.15) is 12.4 Å². The second-order valence-electron chi connectivity index (χ2n) is 7.67. The van der Waals surface area contributed by atoms with Crippen molar-refractivity contribution in [2.24, 2.45) is 5.92 Å². The van der Waals surface area contributed by atoms with Crippen molar-refractivity contribution in [2.45, 2.75) is 24.8 Å². The fourth-order valence-electron chi connectivity index (χ4n) is 3.84. The van der Waals surface area contributed by atoms with Crippen LogP contribution in [0.2, 0.25) is 0 Å². The van der Waals surface area contributed by atoms with Crippen LogP contribution in [-0.2, 0) is 5.41 Å². The summed E-state index contributed by atoms with van der Waals surface area (Å²) in [5.41, 5.74) is 1.43. The number of ether oxygens (including phenoxy) is 1. The van der Waals surface area contributed by atoms with Crippen LogP contribution in [0.15, 0.2) is 42.5 Å². The SMILES string of the molecule is CNC(=O)c1cc(C(=O)N[C@H]2C[C@@H]2C)cc2c1OC[C@@]2(CO)c1ccccc1. The van der Waals surface area contributed by atoms with Gasteiger partial charge < -0.3 is 20.5 Å². The van der Waals surface area contributed by atoms with E-state index in [-0.39, 0.29) is 31.1 Å². The first kappa shape index (κ1) is 18.5. The highest BCUT2D eigenvalue weighted by Gasteiger charge is 2.44. The van der Waals surface area contributed by atoms with E-state index in [0.29, 0.717) is 28.4 Å². The molecule has 0 unspecified atom stereocenters. The number of fused-ring (bicyclic) bond motifs is 1. The van der Waals surface area contributed by atoms with E-state index < -0.39 is 5.41 Å². The summed E-state index contributed by atoms with van der Waals surface area (Å²) in [4.78, 5) is 25.3. The van der Waals surface area contributed by atoms with Gasteiger partial charge in [0.15, 0.2) is 0 Å². The summed E-state index contributed by atoms with van der Waals surface area (Å²) in [6.07, 6.45) is 0.965. The first-order valence-corrected chi connectivity index (χ1v) is 9.51. The average molecular weight is 380 g/mol. The number of nitrogens with one attached hydrogen (secondary N) is 2. The molecule has 0 bridgehead atoms. The number of hydrogen-bond acceptors (Lipinski definition) is 4. The maximum atomic E-state index is 12.8. The minimum atomic E-state index is -0.817. The van der Waals surface area contributed by atoms with Gasteiger partial charge in [0.25, 0.3) is 11.8 Å². The smallest absolute Gasteiger partial charge is 0.254 e. The van der Waals surface area contributed by atoms with Crippen molar-refractivity contribution in [3.05, 3.63) is 64.7 Å². The van der Waals surface area contributed by atoms with Crippen molar-refractivity contribution < 1.29 is 19.4 Å². The number of rotatable bonds is 5. The summed E-state index contributed by atoms with van der Waals surface area (Å²) in [7, 11) is 1.54. The van der Waals surface area contributed by atoms with Gasteiger partial charge >= 0.3 is 0 Å². The highest BCUT2D eigenvalue weighted by atomic mass is 16.5. The third-order valence-corrected chi connectivity index (χ3v) is 5.82. The van der Waals surface area contributed by atoms with E-state index in [1.807, 2.05) is 30.3 Å². The number of hydrogen-bond donors (Lipinski definition) is 3. The molecule has 0 spiro atoms. The van der Waals surface area contributed by atoms with Crippen LogP contribution < -0.4 is 15.4 Å². The molecule has 3 atom stereocenters. The third kappa shape index (κ3) is 2.94. The van der Waals surface area contributed by atoms with Gasteiger partial charge in [0, 0.05) is 24.2 Å². The molecule has 0 saturated heterocycles. The van der Waals surface area contributed by atoms with E-state index in [1.54, 1.807) is 19.2 Å². The lowest BCUT2D eigenvalue weighted by molar-refractivity contribution is 0.0949. The number of benzene rings is 2. The lowest BCUT2D eigenvalue weighted by Crippen LogP contribution is -2.34. The molecule has 1 aliphatic carbocycles. The monoisotopic (exact) mass is 380 g/mol. The number of aliphatic hydroxyl groups excluding tert-OH is 1. The molecule has 3 N–H and O–H groups in total. The first-order valence-electron chi connectivity index (χ1n) is 9.51. The van der Waals surface area contributed by atoms with Gasteiger partial charge in [-0.15, -0.1) is 0 Å². The Bertz CT molecular complexity index is 928. The molecule has 2 aromatic carbocycles. The van der Waals surface area contributed by atoms with Crippen LogP contribution in [0.25, 0.3) is 0 Å². The van der Waals surface area contributed by atoms with Crippen LogP contribution in [-0.4, -0.2) is 43.2 Å². The highest BCUT2D eigenvalue weighted by Crippen LogP contribution is 2.45. The van der Waals surface area contributed by atoms with Crippen LogP contribution in [0.4, 0.5) is 0 Å². The molecule has 28 heavy (non-hydrogen) atoms. The lowest BCUT2D eigenvalue weighted by atomic mass is 9.76. The predicted octanol–water partition coefficient (Wildman–Crippen LogP) is 1.86. The van der Waals surface area contributed by atoms with Crippen LogP contribution in [0.5, 0.6) is 5.75 Å².